The van der Waals surface area contributed by atoms with E-state index in [4.69, 9.17) is 5.11 Å². The van der Waals surface area contributed by atoms with Gasteiger partial charge in [0.15, 0.2) is 0 Å². The van der Waals surface area contributed by atoms with E-state index in [1.165, 1.54) is 22.1 Å². The standard InChI is InChI=1S/C18H16N2O5S/c1-9(2)14-19-15-13(12(8-26-15)18(24)25)16(21)20(14)7-10-3-5-11(6-4-10)17(22)23/h3-6,8-9H,7H2,1-2H3,(H,22,23)(H,24,25). The summed E-state index contributed by atoms with van der Waals surface area (Å²) in [4.78, 5) is 40.3. The van der Waals surface area contributed by atoms with E-state index in [0.29, 0.717) is 10.7 Å². The summed E-state index contributed by atoms with van der Waals surface area (Å²) in [5.74, 6) is -1.67. The Balaban J connectivity index is 2.16. The SMILES string of the molecule is CC(C)c1nc2scc(C(=O)O)c2c(=O)n1Cc1ccc(C(=O)O)cc1. The molecule has 2 heterocycles. The smallest absolute Gasteiger partial charge is 0.337 e. The van der Waals surface area contributed by atoms with Crippen LogP contribution in [0.1, 0.15) is 51.9 Å². The highest BCUT2D eigenvalue weighted by Crippen LogP contribution is 2.24. The zero-order valence-electron chi connectivity index (χ0n) is 14.1. The van der Waals surface area contributed by atoms with Crippen LogP contribution in [0, 0.1) is 0 Å². The number of carbonyl (C=O) groups is 2. The van der Waals surface area contributed by atoms with Crippen molar-refractivity contribution in [3.8, 4) is 0 Å². The lowest BCUT2D eigenvalue weighted by Gasteiger charge is -2.15. The number of carboxylic acid groups (broad SMARTS) is 2. The molecule has 2 N–H and O–H groups in total. The second-order valence-electron chi connectivity index (χ2n) is 6.15. The number of aromatic carboxylic acids is 2. The molecule has 0 atom stereocenters. The Morgan fingerprint density at radius 1 is 1.15 bits per heavy atom. The molecule has 134 valence electrons. The Labute approximate surface area is 152 Å². The Morgan fingerprint density at radius 2 is 1.81 bits per heavy atom. The van der Waals surface area contributed by atoms with Crippen LogP contribution in [-0.2, 0) is 6.54 Å². The van der Waals surface area contributed by atoms with Gasteiger partial charge in [-0.05, 0) is 17.7 Å². The van der Waals surface area contributed by atoms with Crippen molar-refractivity contribution in [1.29, 1.82) is 0 Å². The highest BCUT2D eigenvalue weighted by Gasteiger charge is 2.21. The fourth-order valence-electron chi connectivity index (χ4n) is 2.73. The molecule has 0 aliphatic carbocycles. The van der Waals surface area contributed by atoms with Crippen molar-refractivity contribution in [2.24, 2.45) is 0 Å². The average Bonchev–Trinajstić information content (AvgIpc) is 3.02. The van der Waals surface area contributed by atoms with Crippen LogP contribution in [0.5, 0.6) is 0 Å². The number of rotatable bonds is 5. The molecule has 0 aliphatic rings. The fourth-order valence-corrected chi connectivity index (χ4v) is 3.64. The fraction of sp³-hybridized carbons (Fsp3) is 0.222. The third-order valence-electron chi connectivity index (χ3n) is 4.01. The lowest BCUT2D eigenvalue weighted by atomic mass is 10.1. The number of carboxylic acids is 2. The van der Waals surface area contributed by atoms with E-state index in [-0.39, 0.29) is 29.0 Å². The largest absolute Gasteiger partial charge is 0.478 e. The van der Waals surface area contributed by atoms with Crippen molar-refractivity contribution in [1.82, 2.24) is 9.55 Å². The van der Waals surface area contributed by atoms with E-state index >= 15 is 0 Å². The van der Waals surface area contributed by atoms with E-state index in [9.17, 15) is 19.5 Å². The molecule has 0 saturated heterocycles. The van der Waals surface area contributed by atoms with Gasteiger partial charge < -0.3 is 10.2 Å². The number of hydrogen-bond donors (Lipinski definition) is 2. The molecule has 0 saturated carbocycles. The van der Waals surface area contributed by atoms with E-state index in [2.05, 4.69) is 4.98 Å². The number of benzene rings is 1. The molecule has 0 unspecified atom stereocenters. The summed E-state index contributed by atoms with van der Waals surface area (Å²) in [6.07, 6.45) is 0. The summed E-state index contributed by atoms with van der Waals surface area (Å²) >= 11 is 1.14. The summed E-state index contributed by atoms with van der Waals surface area (Å²) in [6, 6.07) is 6.21. The third-order valence-corrected chi connectivity index (χ3v) is 4.88. The van der Waals surface area contributed by atoms with E-state index in [1.54, 1.807) is 12.1 Å². The predicted octanol–water partition coefficient (Wildman–Crippen LogP) is 3.03. The molecule has 0 fully saturated rings. The van der Waals surface area contributed by atoms with E-state index in [0.717, 1.165) is 16.9 Å². The number of thiophene rings is 1. The predicted molar refractivity (Wildman–Crippen MR) is 97.4 cm³/mol. The van der Waals surface area contributed by atoms with Crippen molar-refractivity contribution in [2.45, 2.75) is 26.3 Å². The number of hydrogen-bond acceptors (Lipinski definition) is 5. The first kappa shape index (κ1) is 17.8. The maximum absolute atomic E-state index is 13.0. The second kappa shape index (κ2) is 6.72. The molecule has 0 spiro atoms. The molecular formula is C18H16N2O5S. The third kappa shape index (κ3) is 3.11. The minimum absolute atomic E-state index is 0.0410. The Bertz CT molecular complexity index is 1060. The molecule has 7 nitrogen and oxygen atoms in total. The summed E-state index contributed by atoms with van der Waals surface area (Å²) in [5.41, 5.74) is 0.435. The normalized spacial score (nSPS) is 11.2. The van der Waals surface area contributed by atoms with Gasteiger partial charge in [0.25, 0.3) is 5.56 Å². The molecule has 3 rings (SSSR count). The molecular weight excluding hydrogens is 356 g/mol. The van der Waals surface area contributed by atoms with Crippen LogP contribution >= 0.6 is 11.3 Å². The average molecular weight is 372 g/mol. The van der Waals surface area contributed by atoms with Crippen LogP contribution in [0.2, 0.25) is 0 Å². The molecule has 2 aromatic heterocycles. The lowest BCUT2D eigenvalue weighted by Crippen LogP contribution is -2.27. The van der Waals surface area contributed by atoms with Gasteiger partial charge in [-0.3, -0.25) is 9.36 Å². The second-order valence-corrected chi connectivity index (χ2v) is 7.01. The minimum Gasteiger partial charge on any atom is -0.478 e. The van der Waals surface area contributed by atoms with Crippen molar-refractivity contribution in [3.63, 3.8) is 0 Å². The van der Waals surface area contributed by atoms with E-state index < -0.39 is 17.5 Å². The van der Waals surface area contributed by atoms with Gasteiger partial charge in [0.05, 0.1) is 23.1 Å². The van der Waals surface area contributed by atoms with Gasteiger partial charge in [-0.15, -0.1) is 11.3 Å². The van der Waals surface area contributed by atoms with Gasteiger partial charge in [-0.25, -0.2) is 14.6 Å². The van der Waals surface area contributed by atoms with Crippen molar-refractivity contribution < 1.29 is 19.8 Å². The lowest BCUT2D eigenvalue weighted by molar-refractivity contribution is 0.0687. The molecule has 26 heavy (non-hydrogen) atoms. The Kier molecular flexibility index (Phi) is 4.60. The zero-order valence-corrected chi connectivity index (χ0v) is 14.9. The highest BCUT2D eigenvalue weighted by atomic mass is 32.1. The summed E-state index contributed by atoms with van der Waals surface area (Å²) < 4.78 is 1.46. The highest BCUT2D eigenvalue weighted by molar-refractivity contribution is 7.17. The first-order valence-electron chi connectivity index (χ1n) is 7.87. The van der Waals surface area contributed by atoms with Gasteiger partial charge in [0, 0.05) is 11.3 Å². The van der Waals surface area contributed by atoms with Crippen LogP contribution < -0.4 is 5.56 Å². The van der Waals surface area contributed by atoms with Crippen LogP contribution in [-0.4, -0.2) is 31.7 Å². The Morgan fingerprint density at radius 3 is 2.35 bits per heavy atom. The molecule has 0 amide bonds. The molecule has 0 radical (unpaired) electrons. The molecule has 3 aromatic rings. The molecule has 0 aliphatic heterocycles. The van der Waals surface area contributed by atoms with Crippen LogP contribution in [0.15, 0.2) is 34.4 Å². The van der Waals surface area contributed by atoms with Gasteiger partial charge >= 0.3 is 11.9 Å². The van der Waals surface area contributed by atoms with Crippen molar-refractivity contribution in [2.75, 3.05) is 0 Å². The molecule has 1 aromatic carbocycles. The zero-order chi connectivity index (χ0) is 19.0. The number of nitrogens with zero attached hydrogens (tertiary/aromatic N) is 2. The monoisotopic (exact) mass is 372 g/mol. The van der Waals surface area contributed by atoms with Gasteiger partial charge in [0.1, 0.15) is 10.7 Å². The maximum Gasteiger partial charge on any atom is 0.337 e. The van der Waals surface area contributed by atoms with Gasteiger partial charge in [-0.2, -0.15) is 0 Å². The topological polar surface area (TPSA) is 109 Å². The first-order valence-corrected chi connectivity index (χ1v) is 8.75. The first-order chi connectivity index (χ1) is 12.3. The Hall–Kier alpha value is -3.00. The summed E-state index contributed by atoms with van der Waals surface area (Å²) in [6.45, 7) is 4.00. The van der Waals surface area contributed by atoms with Gasteiger partial charge in [-0.1, -0.05) is 26.0 Å². The summed E-state index contributed by atoms with van der Waals surface area (Å²) in [7, 11) is 0. The van der Waals surface area contributed by atoms with Crippen molar-refractivity contribution >= 4 is 33.5 Å². The molecule has 0 bridgehead atoms. The van der Waals surface area contributed by atoms with Crippen LogP contribution in [0.3, 0.4) is 0 Å². The number of fused-ring (bicyclic) bond motifs is 1. The number of aromatic nitrogens is 2. The van der Waals surface area contributed by atoms with Crippen molar-refractivity contribution in [3.05, 3.63) is 62.5 Å². The van der Waals surface area contributed by atoms with E-state index in [1.807, 2.05) is 13.8 Å². The van der Waals surface area contributed by atoms with Crippen LogP contribution in [0.25, 0.3) is 10.2 Å². The minimum atomic E-state index is -1.16. The maximum atomic E-state index is 13.0. The van der Waals surface area contributed by atoms with Gasteiger partial charge in [0.2, 0.25) is 0 Å². The summed E-state index contributed by atoms with van der Waals surface area (Å²) in [5, 5.41) is 19.8. The molecule has 8 heteroatoms. The quantitative estimate of drug-likeness (QED) is 0.712. The van der Waals surface area contributed by atoms with Crippen LogP contribution in [0.4, 0.5) is 0 Å².